The highest BCUT2D eigenvalue weighted by atomic mass is 32.2. The number of carbonyl (C=O) groups excluding carboxylic acids is 1. The molecular formula is C18H24N4O6S. The first-order valence-electron chi connectivity index (χ1n) is 9.01. The maximum atomic E-state index is 13.1. The largest absolute Gasteiger partial charge is 0.493 e. The number of carbonyl (C=O) groups is 1. The highest BCUT2D eigenvalue weighted by molar-refractivity contribution is 7.91. The van der Waals surface area contributed by atoms with Gasteiger partial charge in [-0.3, -0.25) is 4.79 Å². The Labute approximate surface area is 169 Å². The molecule has 1 aliphatic rings. The maximum Gasteiger partial charge on any atom is 0.257 e. The normalized spacial score (nSPS) is 15.2. The van der Waals surface area contributed by atoms with Gasteiger partial charge in [0.2, 0.25) is 20.7 Å². The molecule has 10 nitrogen and oxygen atoms in total. The lowest BCUT2D eigenvalue weighted by molar-refractivity contribution is 0.0721. The van der Waals surface area contributed by atoms with E-state index in [9.17, 15) is 13.2 Å². The number of likely N-dealkylation sites (tertiary alicyclic amines) is 1. The minimum absolute atomic E-state index is 0.0520. The minimum Gasteiger partial charge on any atom is -0.493 e. The van der Waals surface area contributed by atoms with E-state index < -0.39 is 15.1 Å². The summed E-state index contributed by atoms with van der Waals surface area (Å²) in [5.74, 6) is 0.818. The molecule has 1 fully saturated rings. The second-order valence-corrected chi connectivity index (χ2v) is 8.76. The quantitative estimate of drug-likeness (QED) is 0.673. The van der Waals surface area contributed by atoms with Gasteiger partial charge in [-0.05, 0) is 25.0 Å². The van der Waals surface area contributed by atoms with Crippen molar-refractivity contribution in [1.82, 2.24) is 19.7 Å². The average Bonchev–Trinajstić information content (AvgIpc) is 3.18. The summed E-state index contributed by atoms with van der Waals surface area (Å²) in [5, 5.41) is 6.71. The molecule has 1 aromatic carbocycles. The number of aryl methyl sites for hydroxylation is 1. The number of sulfone groups is 1. The Morgan fingerprint density at radius 1 is 1.07 bits per heavy atom. The summed E-state index contributed by atoms with van der Waals surface area (Å²) in [4.78, 5) is 14.7. The number of hydrogen-bond donors (Lipinski definition) is 0. The van der Waals surface area contributed by atoms with Crippen LogP contribution in [0.3, 0.4) is 0 Å². The zero-order chi connectivity index (χ0) is 21.2. The molecule has 11 heteroatoms. The maximum absolute atomic E-state index is 13.1. The van der Waals surface area contributed by atoms with Gasteiger partial charge >= 0.3 is 0 Å². The highest BCUT2D eigenvalue weighted by Crippen LogP contribution is 2.40. The predicted molar refractivity (Wildman–Crippen MR) is 103 cm³/mol. The molecule has 2 aromatic rings. The van der Waals surface area contributed by atoms with Crippen LogP contribution < -0.4 is 14.2 Å². The summed E-state index contributed by atoms with van der Waals surface area (Å²) < 4.78 is 43.0. The van der Waals surface area contributed by atoms with Gasteiger partial charge in [0.25, 0.3) is 5.91 Å². The number of ether oxygens (including phenoxy) is 3. The Bertz CT molecular complexity index is 996. The van der Waals surface area contributed by atoms with Crippen molar-refractivity contribution in [3.8, 4) is 17.2 Å². The van der Waals surface area contributed by atoms with Crippen LogP contribution in [-0.2, 0) is 16.9 Å². The van der Waals surface area contributed by atoms with E-state index in [1.54, 1.807) is 24.1 Å². The van der Waals surface area contributed by atoms with E-state index >= 15 is 0 Å². The summed E-state index contributed by atoms with van der Waals surface area (Å²) in [6.45, 7) is 0.607. The first kappa shape index (κ1) is 20.9. The third-order valence-corrected chi connectivity index (χ3v) is 7.25. The van der Waals surface area contributed by atoms with Gasteiger partial charge in [0.15, 0.2) is 11.5 Å². The van der Waals surface area contributed by atoms with Crippen LogP contribution in [-0.4, -0.2) is 73.7 Å². The zero-order valence-electron chi connectivity index (χ0n) is 16.8. The molecule has 0 atom stereocenters. The summed E-state index contributed by atoms with van der Waals surface area (Å²) in [5.41, 5.74) is 0.333. The lowest BCUT2D eigenvalue weighted by Gasteiger charge is -2.32. The van der Waals surface area contributed by atoms with E-state index in [1.165, 1.54) is 32.2 Å². The van der Waals surface area contributed by atoms with Crippen LogP contribution in [0.15, 0.2) is 23.6 Å². The second kappa shape index (κ2) is 8.27. The summed E-state index contributed by atoms with van der Waals surface area (Å²) in [7, 11) is 2.41. The van der Waals surface area contributed by atoms with E-state index in [2.05, 4.69) is 10.2 Å². The summed E-state index contributed by atoms with van der Waals surface area (Å²) in [6, 6.07) is 3.25. The Hall–Kier alpha value is -2.82. The number of amides is 1. The molecule has 0 unspecified atom stereocenters. The Morgan fingerprint density at radius 2 is 1.72 bits per heavy atom. The van der Waals surface area contributed by atoms with Gasteiger partial charge in [-0.25, -0.2) is 8.42 Å². The SMILES string of the molecule is COc1ccc(C(=O)N2CCC(S(=O)(=O)c3nncn3C)CC2)c(OC)c1OC. The monoisotopic (exact) mass is 424 g/mol. The molecule has 0 spiro atoms. The van der Waals surface area contributed by atoms with Crippen molar-refractivity contribution in [3.63, 3.8) is 0 Å². The first-order valence-corrected chi connectivity index (χ1v) is 10.6. The molecule has 1 aliphatic heterocycles. The first-order chi connectivity index (χ1) is 13.8. The van der Waals surface area contributed by atoms with Crippen molar-refractivity contribution < 1.29 is 27.4 Å². The van der Waals surface area contributed by atoms with Gasteiger partial charge in [0.05, 0.1) is 32.1 Å². The number of rotatable bonds is 6. The molecule has 0 aliphatic carbocycles. The Kier molecular flexibility index (Phi) is 5.96. The van der Waals surface area contributed by atoms with E-state index in [0.717, 1.165) is 0 Å². The Morgan fingerprint density at radius 3 is 2.24 bits per heavy atom. The third kappa shape index (κ3) is 3.74. The Balaban J connectivity index is 1.78. The third-order valence-electron chi connectivity index (χ3n) is 5.03. The van der Waals surface area contributed by atoms with Crippen LogP contribution in [0.25, 0.3) is 0 Å². The number of methoxy groups -OCH3 is 3. The topological polar surface area (TPSA) is 113 Å². The summed E-state index contributed by atoms with van der Waals surface area (Å²) in [6.07, 6.45) is 1.99. The number of hydrogen-bond acceptors (Lipinski definition) is 8. The molecule has 0 radical (unpaired) electrons. The standard InChI is InChI=1S/C18H24N4O6S/c1-21-11-19-20-18(21)29(24,25)12-7-9-22(10-8-12)17(23)13-5-6-14(26-2)16(28-4)15(13)27-3/h5-6,11-12H,7-10H2,1-4H3. The van der Waals surface area contributed by atoms with Crippen molar-refractivity contribution in [1.29, 1.82) is 0 Å². The molecule has 0 bridgehead atoms. The molecule has 1 saturated heterocycles. The van der Waals surface area contributed by atoms with Crippen LogP contribution in [0.1, 0.15) is 23.2 Å². The molecular weight excluding hydrogens is 400 g/mol. The highest BCUT2D eigenvalue weighted by Gasteiger charge is 2.36. The fourth-order valence-electron chi connectivity index (χ4n) is 3.49. The molecule has 0 saturated carbocycles. The van der Waals surface area contributed by atoms with Gasteiger partial charge in [-0.15, -0.1) is 10.2 Å². The summed E-state index contributed by atoms with van der Waals surface area (Å²) >= 11 is 0. The number of piperidine rings is 1. The van der Waals surface area contributed by atoms with Gasteiger partial charge < -0.3 is 23.7 Å². The van der Waals surface area contributed by atoms with E-state index in [4.69, 9.17) is 14.2 Å². The van der Waals surface area contributed by atoms with Crippen molar-refractivity contribution >= 4 is 15.7 Å². The van der Waals surface area contributed by atoms with Crippen molar-refractivity contribution in [3.05, 3.63) is 24.0 Å². The van der Waals surface area contributed by atoms with Gasteiger partial charge in [-0.1, -0.05) is 0 Å². The fourth-order valence-corrected chi connectivity index (χ4v) is 5.23. The number of aromatic nitrogens is 3. The lowest BCUT2D eigenvalue weighted by atomic mass is 10.1. The molecule has 0 N–H and O–H groups in total. The number of benzene rings is 1. The van der Waals surface area contributed by atoms with E-state index in [1.807, 2.05) is 0 Å². The number of nitrogens with zero attached hydrogens (tertiary/aromatic N) is 4. The van der Waals surface area contributed by atoms with Crippen LogP contribution in [0.5, 0.6) is 17.2 Å². The zero-order valence-corrected chi connectivity index (χ0v) is 17.6. The molecule has 1 amide bonds. The molecule has 2 heterocycles. The van der Waals surface area contributed by atoms with Gasteiger partial charge in [-0.2, -0.15) is 0 Å². The van der Waals surface area contributed by atoms with Crippen molar-refractivity contribution in [2.75, 3.05) is 34.4 Å². The van der Waals surface area contributed by atoms with Gasteiger partial charge in [0, 0.05) is 20.1 Å². The van der Waals surface area contributed by atoms with Crippen LogP contribution in [0.2, 0.25) is 0 Å². The van der Waals surface area contributed by atoms with Crippen LogP contribution >= 0.6 is 0 Å². The minimum atomic E-state index is -3.61. The molecule has 1 aromatic heterocycles. The molecule has 3 rings (SSSR count). The van der Waals surface area contributed by atoms with Crippen LogP contribution in [0.4, 0.5) is 0 Å². The van der Waals surface area contributed by atoms with Crippen molar-refractivity contribution in [2.24, 2.45) is 7.05 Å². The molecule has 29 heavy (non-hydrogen) atoms. The lowest BCUT2D eigenvalue weighted by Crippen LogP contribution is -2.43. The van der Waals surface area contributed by atoms with Crippen molar-refractivity contribution in [2.45, 2.75) is 23.2 Å². The predicted octanol–water partition coefficient (Wildman–Crippen LogP) is 0.919. The average molecular weight is 424 g/mol. The smallest absolute Gasteiger partial charge is 0.257 e. The van der Waals surface area contributed by atoms with Crippen LogP contribution in [0, 0.1) is 0 Å². The van der Waals surface area contributed by atoms with E-state index in [-0.39, 0.29) is 16.8 Å². The van der Waals surface area contributed by atoms with E-state index in [0.29, 0.717) is 43.0 Å². The van der Waals surface area contributed by atoms with Gasteiger partial charge in [0.1, 0.15) is 6.33 Å². The second-order valence-electron chi connectivity index (χ2n) is 6.64. The molecule has 158 valence electrons. The fraction of sp³-hybridized carbons (Fsp3) is 0.500.